The first-order valence-corrected chi connectivity index (χ1v) is 8.63. The average molecular weight is 331 g/mol. The molecule has 7 heteroatoms. The molecule has 4 rings (SSSR count). The number of rotatable bonds is 6. The Bertz CT molecular complexity index is 612. The fraction of sp³-hybridized carbons (Fsp3) is 0.588. The minimum atomic E-state index is -1.58. The number of para-hydroxylation sites is 1. The zero-order valence-corrected chi connectivity index (χ0v) is 13.5. The summed E-state index contributed by atoms with van der Waals surface area (Å²) in [5, 5.41) is 19.9. The highest BCUT2D eigenvalue weighted by Crippen LogP contribution is 2.40. The molecule has 0 radical (unpaired) electrons. The van der Waals surface area contributed by atoms with Crippen LogP contribution in [0, 0.1) is 0 Å². The van der Waals surface area contributed by atoms with Gasteiger partial charge in [-0.3, -0.25) is 4.79 Å². The van der Waals surface area contributed by atoms with Crippen molar-refractivity contribution in [2.75, 3.05) is 6.61 Å². The predicted molar refractivity (Wildman–Crippen MR) is 87.5 cm³/mol. The van der Waals surface area contributed by atoms with E-state index in [0.29, 0.717) is 13.0 Å². The monoisotopic (exact) mass is 331 g/mol. The number of hydrogen-bond donors (Lipinski definition) is 2. The van der Waals surface area contributed by atoms with Crippen molar-refractivity contribution in [1.82, 2.24) is 4.90 Å². The molecular formula is C17H22BNO5. The molecule has 3 aliphatic heterocycles. The van der Waals surface area contributed by atoms with Crippen molar-refractivity contribution in [3.05, 3.63) is 29.8 Å². The smallest absolute Gasteiger partial charge is 0.475 e. The van der Waals surface area contributed by atoms with Gasteiger partial charge in [-0.25, -0.2) is 0 Å². The molecule has 0 spiro atoms. The number of carbonyl (C=O) groups excluding carboxylic acids is 1. The molecule has 1 aromatic carbocycles. The molecule has 2 saturated heterocycles. The van der Waals surface area contributed by atoms with Gasteiger partial charge in [0, 0.05) is 11.5 Å². The molecule has 2 fully saturated rings. The highest BCUT2D eigenvalue weighted by molar-refractivity contribution is 6.43. The summed E-state index contributed by atoms with van der Waals surface area (Å²) in [6.45, 7) is 0.502. The number of ether oxygens (including phenoxy) is 2. The number of carbonyl (C=O) groups is 1. The summed E-state index contributed by atoms with van der Waals surface area (Å²) < 4.78 is 11.5. The number of hydrogen-bond acceptors (Lipinski definition) is 5. The normalized spacial score (nSPS) is 31.4. The Morgan fingerprint density at radius 2 is 2.17 bits per heavy atom. The Kier molecular flexibility index (Phi) is 4.24. The minimum absolute atomic E-state index is 0.0218. The molecule has 5 atom stereocenters. The van der Waals surface area contributed by atoms with Gasteiger partial charge in [0.15, 0.2) is 0 Å². The molecule has 3 heterocycles. The fourth-order valence-corrected chi connectivity index (χ4v) is 4.44. The second-order valence-electron chi connectivity index (χ2n) is 6.99. The molecule has 24 heavy (non-hydrogen) atoms. The SMILES string of the molecule is O=CN([C@@H]1C[C@@H]2CC[C@H]1O2)[C@@H](C[C@H]1COc2ccccc21)B(O)O. The average Bonchev–Trinajstić information content (AvgIpc) is 3.30. The zero-order chi connectivity index (χ0) is 16.7. The summed E-state index contributed by atoms with van der Waals surface area (Å²) in [6.07, 6.45) is 4.18. The van der Waals surface area contributed by atoms with E-state index in [-0.39, 0.29) is 24.2 Å². The van der Waals surface area contributed by atoms with E-state index < -0.39 is 13.1 Å². The van der Waals surface area contributed by atoms with Gasteiger partial charge in [0.25, 0.3) is 0 Å². The predicted octanol–water partition coefficient (Wildman–Crippen LogP) is 0.712. The zero-order valence-electron chi connectivity index (χ0n) is 13.5. The first-order valence-electron chi connectivity index (χ1n) is 8.63. The first kappa shape index (κ1) is 15.9. The van der Waals surface area contributed by atoms with Crippen molar-refractivity contribution < 1.29 is 24.3 Å². The van der Waals surface area contributed by atoms with Crippen molar-refractivity contribution >= 4 is 13.5 Å². The molecule has 2 N–H and O–H groups in total. The van der Waals surface area contributed by atoms with Crippen LogP contribution in [0.2, 0.25) is 0 Å². The lowest BCUT2D eigenvalue weighted by atomic mass is 9.71. The van der Waals surface area contributed by atoms with E-state index >= 15 is 0 Å². The molecular weight excluding hydrogens is 309 g/mol. The van der Waals surface area contributed by atoms with Gasteiger partial charge in [-0.05, 0) is 31.7 Å². The van der Waals surface area contributed by atoms with Crippen molar-refractivity contribution in [2.24, 2.45) is 0 Å². The minimum Gasteiger partial charge on any atom is -0.493 e. The van der Waals surface area contributed by atoms with Crippen LogP contribution in [0.25, 0.3) is 0 Å². The van der Waals surface area contributed by atoms with Gasteiger partial charge in [0.2, 0.25) is 6.41 Å². The molecule has 0 saturated carbocycles. The maximum absolute atomic E-state index is 11.8. The Morgan fingerprint density at radius 3 is 2.83 bits per heavy atom. The van der Waals surface area contributed by atoms with Crippen LogP contribution in [-0.2, 0) is 9.53 Å². The maximum atomic E-state index is 11.8. The fourth-order valence-electron chi connectivity index (χ4n) is 4.44. The topological polar surface area (TPSA) is 79.2 Å². The molecule has 0 aromatic heterocycles. The molecule has 0 unspecified atom stereocenters. The quantitative estimate of drug-likeness (QED) is 0.593. The van der Waals surface area contributed by atoms with Gasteiger partial charge >= 0.3 is 7.12 Å². The van der Waals surface area contributed by atoms with E-state index in [1.54, 1.807) is 4.90 Å². The van der Waals surface area contributed by atoms with E-state index in [1.165, 1.54) is 0 Å². The van der Waals surface area contributed by atoms with E-state index in [1.807, 2.05) is 24.3 Å². The largest absolute Gasteiger partial charge is 0.493 e. The van der Waals surface area contributed by atoms with E-state index in [4.69, 9.17) is 9.47 Å². The summed E-state index contributed by atoms with van der Waals surface area (Å²) >= 11 is 0. The van der Waals surface area contributed by atoms with Gasteiger partial charge in [0.05, 0.1) is 30.8 Å². The van der Waals surface area contributed by atoms with E-state index in [9.17, 15) is 14.8 Å². The molecule has 6 nitrogen and oxygen atoms in total. The Balaban J connectivity index is 1.53. The second kappa shape index (κ2) is 6.39. The van der Waals surface area contributed by atoms with Crippen molar-refractivity contribution in [1.29, 1.82) is 0 Å². The van der Waals surface area contributed by atoms with Crippen LogP contribution < -0.4 is 4.74 Å². The molecule has 2 bridgehead atoms. The van der Waals surface area contributed by atoms with E-state index in [0.717, 1.165) is 37.0 Å². The lowest BCUT2D eigenvalue weighted by Crippen LogP contribution is -2.54. The first-order chi connectivity index (χ1) is 11.7. The highest BCUT2D eigenvalue weighted by atomic mass is 16.5. The van der Waals surface area contributed by atoms with Crippen LogP contribution in [0.4, 0.5) is 0 Å². The molecule has 1 amide bonds. The molecule has 0 aliphatic carbocycles. The van der Waals surface area contributed by atoms with Gasteiger partial charge in [-0.2, -0.15) is 0 Å². The van der Waals surface area contributed by atoms with Crippen molar-refractivity contribution in [3.8, 4) is 5.75 Å². The third-order valence-electron chi connectivity index (χ3n) is 5.63. The summed E-state index contributed by atoms with van der Waals surface area (Å²) in [5.41, 5.74) is 1.07. The van der Waals surface area contributed by atoms with Crippen LogP contribution in [0.15, 0.2) is 24.3 Å². The van der Waals surface area contributed by atoms with Crippen LogP contribution >= 0.6 is 0 Å². The third-order valence-corrected chi connectivity index (χ3v) is 5.63. The summed E-state index contributed by atoms with van der Waals surface area (Å²) in [4.78, 5) is 13.3. The maximum Gasteiger partial charge on any atom is 0.475 e. The number of amides is 1. The van der Waals surface area contributed by atoms with Crippen LogP contribution in [0.5, 0.6) is 5.75 Å². The standard InChI is InChI=1S/C17H22BNO5/c20-10-19(14-8-12-5-6-16(14)24-12)17(18(21)22)7-11-9-23-15-4-2-1-3-13(11)15/h1-4,10-12,14,16-17,21-22H,5-9H2/t11-,12-,14+,16+,17-/m0/s1. The van der Waals surface area contributed by atoms with Crippen LogP contribution in [-0.4, -0.2) is 59.3 Å². The third kappa shape index (κ3) is 2.70. The highest BCUT2D eigenvalue weighted by Gasteiger charge is 2.47. The van der Waals surface area contributed by atoms with Gasteiger partial charge in [-0.15, -0.1) is 0 Å². The number of nitrogens with zero attached hydrogens (tertiary/aromatic N) is 1. The van der Waals surface area contributed by atoms with E-state index in [2.05, 4.69) is 0 Å². The Morgan fingerprint density at radius 1 is 1.33 bits per heavy atom. The van der Waals surface area contributed by atoms with Gasteiger partial charge < -0.3 is 24.4 Å². The Labute approximate surface area is 141 Å². The van der Waals surface area contributed by atoms with Gasteiger partial charge in [-0.1, -0.05) is 18.2 Å². The number of fused-ring (bicyclic) bond motifs is 3. The van der Waals surface area contributed by atoms with Crippen molar-refractivity contribution in [2.45, 2.75) is 55.8 Å². The summed E-state index contributed by atoms with van der Waals surface area (Å²) in [6, 6.07) is 7.72. The van der Waals surface area contributed by atoms with Gasteiger partial charge in [0.1, 0.15) is 5.75 Å². The molecule has 3 aliphatic rings. The Hall–Kier alpha value is -1.57. The summed E-state index contributed by atoms with van der Waals surface area (Å²) in [7, 11) is -1.58. The number of benzene rings is 1. The van der Waals surface area contributed by atoms with Crippen LogP contribution in [0.1, 0.15) is 37.2 Å². The van der Waals surface area contributed by atoms with Crippen molar-refractivity contribution in [3.63, 3.8) is 0 Å². The molecule has 1 aromatic rings. The molecule has 128 valence electrons. The van der Waals surface area contributed by atoms with Crippen LogP contribution in [0.3, 0.4) is 0 Å². The lowest BCUT2D eigenvalue weighted by Gasteiger charge is -2.36. The lowest BCUT2D eigenvalue weighted by molar-refractivity contribution is -0.123. The summed E-state index contributed by atoms with van der Waals surface area (Å²) in [5.74, 6) is 0.236. The second-order valence-corrected chi connectivity index (χ2v) is 6.99.